The molecule has 2 rings (SSSR count). The Balaban J connectivity index is 2.55. The molecule has 0 atom stereocenters. The largest absolute Gasteiger partial charge is 0.260 e. The third kappa shape index (κ3) is 1.82. The van der Waals surface area contributed by atoms with Crippen LogP contribution in [0.25, 0.3) is 0 Å². The highest BCUT2D eigenvalue weighted by atomic mass is 32.2. The summed E-state index contributed by atoms with van der Waals surface area (Å²) in [5.74, 6) is 0. The average molecular weight is 222 g/mol. The zero-order chi connectivity index (χ0) is 10.7. The van der Waals surface area contributed by atoms with E-state index >= 15 is 0 Å². The van der Waals surface area contributed by atoms with Crippen LogP contribution < -0.4 is 0 Å². The molecule has 76 valence electrons. The van der Waals surface area contributed by atoms with Crippen molar-refractivity contribution in [2.75, 3.05) is 0 Å². The van der Waals surface area contributed by atoms with Crippen LogP contribution in [0.4, 0.5) is 0 Å². The molecule has 0 bridgehead atoms. The second kappa shape index (κ2) is 3.70. The molecule has 0 spiro atoms. The topological polar surface area (TPSA) is 85.7 Å². The summed E-state index contributed by atoms with van der Waals surface area (Å²) < 4.78 is 23.7. The minimum atomic E-state index is -3.69. The predicted molar refractivity (Wildman–Crippen MR) is 49.5 cm³/mol. The molecule has 0 aliphatic rings. The Labute approximate surface area is 86.0 Å². The molecule has 6 nitrogen and oxygen atoms in total. The van der Waals surface area contributed by atoms with Gasteiger partial charge < -0.3 is 0 Å². The minimum Gasteiger partial charge on any atom is -0.260 e. The van der Waals surface area contributed by atoms with Crippen LogP contribution in [-0.4, -0.2) is 28.4 Å². The van der Waals surface area contributed by atoms with Crippen LogP contribution in [0.15, 0.2) is 47.2 Å². The minimum absolute atomic E-state index is 0.134. The van der Waals surface area contributed by atoms with Gasteiger partial charge in [-0.3, -0.25) is 9.97 Å². The fourth-order valence-electron chi connectivity index (χ4n) is 0.956. The lowest BCUT2D eigenvalue weighted by Gasteiger charge is -1.99. The van der Waals surface area contributed by atoms with Gasteiger partial charge in [-0.25, -0.2) is 18.4 Å². The van der Waals surface area contributed by atoms with Crippen molar-refractivity contribution in [3.05, 3.63) is 37.2 Å². The average Bonchev–Trinajstić information content (AvgIpc) is 2.31. The van der Waals surface area contributed by atoms with E-state index in [0.29, 0.717) is 0 Å². The third-order valence-corrected chi connectivity index (χ3v) is 3.15. The van der Waals surface area contributed by atoms with E-state index in [1.54, 1.807) is 0 Å². The second-order valence-electron chi connectivity index (χ2n) is 2.59. The Kier molecular flexibility index (Phi) is 2.38. The van der Waals surface area contributed by atoms with Crippen molar-refractivity contribution >= 4 is 9.84 Å². The van der Waals surface area contributed by atoms with E-state index in [0.717, 1.165) is 0 Å². The number of sulfone groups is 1. The van der Waals surface area contributed by atoms with Crippen molar-refractivity contribution in [3.8, 4) is 0 Å². The highest BCUT2D eigenvalue weighted by Gasteiger charge is 2.20. The Morgan fingerprint density at radius 1 is 0.800 bits per heavy atom. The molecule has 0 aliphatic carbocycles. The second-order valence-corrected chi connectivity index (χ2v) is 4.43. The van der Waals surface area contributed by atoms with Crippen molar-refractivity contribution in [1.82, 2.24) is 19.9 Å². The van der Waals surface area contributed by atoms with Gasteiger partial charge in [-0.1, -0.05) is 0 Å². The monoisotopic (exact) mass is 222 g/mol. The third-order valence-electron chi connectivity index (χ3n) is 1.63. The lowest BCUT2D eigenvalue weighted by atomic mass is 10.8. The van der Waals surface area contributed by atoms with E-state index in [2.05, 4.69) is 19.9 Å². The van der Waals surface area contributed by atoms with Crippen LogP contribution in [0.3, 0.4) is 0 Å². The summed E-state index contributed by atoms with van der Waals surface area (Å²) in [6.45, 7) is 0. The van der Waals surface area contributed by atoms with Crippen molar-refractivity contribution < 1.29 is 8.42 Å². The summed E-state index contributed by atoms with van der Waals surface area (Å²) in [4.78, 5) is 14.8. The molecule has 0 radical (unpaired) electrons. The molecule has 2 aromatic rings. The number of nitrogens with zero attached hydrogens (tertiary/aromatic N) is 4. The zero-order valence-corrected chi connectivity index (χ0v) is 8.29. The maximum absolute atomic E-state index is 11.8. The summed E-state index contributed by atoms with van der Waals surface area (Å²) in [6, 6.07) is 0. The fourth-order valence-corrected chi connectivity index (χ4v) is 1.97. The van der Waals surface area contributed by atoms with E-state index in [-0.39, 0.29) is 10.1 Å². The number of aromatic nitrogens is 4. The Bertz CT molecular complexity index is 496. The van der Waals surface area contributed by atoms with Gasteiger partial charge in [0.2, 0.25) is 9.84 Å². The first-order valence-electron chi connectivity index (χ1n) is 3.98. The van der Waals surface area contributed by atoms with Crippen LogP contribution in [0, 0.1) is 0 Å². The van der Waals surface area contributed by atoms with Gasteiger partial charge in [-0.15, -0.1) is 0 Å². The summed E-state index contributed by atoms with van der Waals surface area (Å²) >= 11 is 0. The quantitative estimate of drug-likeness (QED) is 0.716. The van der Waals surface area contributed by atoms with E-state index < -0.39 is 9.84 Å². The summed E-state index contributed by atoms with van der Waals surface area (Å²) in [5.41, 5.74) is 0. The lowest BCUT2D eigenvalue weighted by Crippen LogP contribution is -2.06. The maximum atomic E-state index is 11.8. The van der Waals surface area contributed by atoms with Crippen LogP contribution >= 0.6 is 0 Å². The van der Waals surface area contributed by atoms with E-state index in [1.807, 2.05) is 0 Å². The predicted octanol–water partition coefficient (Wildman–Crippen LogP) is 0.0994. The zero-order valence-electron chi connectivity index (χ0n) is 7.48. The highest BCUT2D eigenvalue weighted by Crippen LogP contribution is 2.13. The van der Waals surface area contributed by atoms with Gasteiger partial charge in [0.05, 0.1) is 12.4 Å². The molecule has 0 unspecified atom stereocenters. The number of rotatable bonds is 2. The van der Waals surface area contributed by atoms with Crippen LogP contribution in [0.5, 0.6) is 0 Å². The SMILES string of the molecule is O=S(=O)(c1cnccn1)c1cnccn1. The maximum Gasteiger partial charge on any atom is 0.244 e. The molecule has 0 saturated carbocycles. The van der Waals surface area contributed by atoms with E-state index in [9.17, 15) is 8.42 Å². The van der Waals surface area contributed by atoms with Crippen molar-refractivity contribution in [2.45, 2.75) is 10.1 Å². The molecule has 0 N–H and O–H groups in total. The van der Waals surface area contributed by atoms with Crippen LogP contribution in [0.2, 0.25) is 0 Å². The van der Waals surface area contributed by atoms with Crippen LogP contribution in [0.1, 0.15) is 0 Å². The molecule has 0 fully saturated rings. The normalized spacial score (nSPS) is 11.2. The highest BCUT2D eigenvalue weighted by molar-refractivity contribution is 7.91. The van der Waals surface area contributed by atoms with Gasteiger partial charge in [0.1, 0.15) is 0 Å². The van der Waals surface area contributed by atoms with Gasteiger partial charge >= 0.3 is 0 Å². The smallest absolute Gasteiger partial charge is 0.244 e. The lowest BCUT2D eigenvalue weighted by molar-refractivity contribution is 0.587. The number of hydrogen-bond donors (Lipinski definition) is 0. The molecular formula is C8H6N4O2S. The summed E-state index contributed by atoms with van der Waals surface area (Å²) in [5, 5.41) is -0.268. The number of hydrogen-bond acceptors (Lipinski definition) is 6. The van der Waals surface area contributed by atoms with Gasteiger partial charge in [-0.2, -0.15) is 0 Å². The molecule has 7 heteroatoms. The summed E-state index contributed by atoms with van der Waals surface area (Å²) in [6.07, 6.45) is 7.76. The van der Waals surface area contributed by atoms with Gasteiger partial charge in [0.25, 0.3) is 0 Å². The Morgan fingerprint density at radius 3 is 1.60 bits per heavy atom. The molecule has 0 aromatic carbocycles. The van der Waals surface area contributed by atoms with Gasteiger partial charge in [0, 0.05) is 24.8 Å². The molecule has 2 aromatic heterocycles. The van der Waals surface area contributed by atoms with Crippen LogP contribution in [-0.2, 0) is 9.84 Å². The molecule has 0 amide bonds. The Morgan fingerprint density at radius 2 is 1.27 bits per heavy atom. The van der Waals surface area contributed by atoms with Crippen molar-refractivity contribution in [3.63, 3.8) is 0 Å². The van der Waals surface area contributed by atoms with E-state index in [1.165, 1.54) is 37.2 Å². The van der Waals surface area contributed by atoms with E-state index in [4.69, 9.17) is 0 Å². The molecule has 0 aliphatic heterocycles. The fraction of sp³-hybridized carbons (Fsp3) is 0. The van der Waals surface area contributed by atoms with Gasteiger partial charge in [0.15, 0.2) is 10.1 Å². The van der Waals surface area contributed by atoms with Crippen molar-refractivity contribution in [2.24, 2.45) is 0 Å². The molecular weight excluding hydrogens is 216 g/mol. The first kappa shape index (κ1) is 9.66. The molecule has 0 saturated heterocycles. The first-order chi connectivity index (χ1) is 7.21. The standard InChI is InChI=1S/C8H6N4O2S/c13-15(14,7-5-9-1-3-11-7)8-6-10-2-4-12-8/h1-6H. The molecule has 2 heterocycles. The first-order valence-corrected chi connectivity index (χ1v) is 5.47. The van der Waals surface area contributed by atoms with Crippen molar-refractivity contribution in [1.29, 1.82) is 0 Å². The summed E-state index contributed by atoms with van der Waals surface area (Å²) in [7, 11) is -3.69. The van der Waals surface area contributed by atoms with Gasteiger partial charge in [-0.05, 0) is 0 Å². The Hall–Kier alpha value is -1.89. The molecule has 15 heavy (non-hydrogen) atoms.